The molecule has 1 aliphatic heterocycles. The number of guanidine groups is 1. The zero-order valence-electron chi connectivity index (χ0n) is 18.8. The van der Waals surface area contributed by atoms with Gasteiger partial charge in [-0.05, 0) is 51.9 Å². The number of oxazole rings is 1. The zero-order valence-corrected chi connectivity index (χ0v) is 21.2. The lowest BCUT2D eigenvalue weighted by atomic mass is 9.94. The minimum absolute atomic E-state index is 0. The molecule has 30 heavy (non-hydrogen) atoms. The maximum absolute atomic E-state index is 5.95. The van der Waals surface area contributed by atoms with E-state index in [2.05, 4.69) is 59.3 Å². The summed E-state index contributed by atoms with van der Waals surface area (Å²) in [6.45, 7) is 14.5. The number of likely N-dealkylation sites (tertiary alicyclic amines) is 1. The molecule has 1 saturated heterocycles. The van der Waals surface area contributed by atoms with E-state index in [4.69, 9.17) is 8.83 Å². The first-order valence-corrected chi connectivity index (χ1v) is 10.6. The maximum Gasteiger partial charge on any atom is 0.216 e. The Balaban J connectivity index is 0.00000320. The third-order valence-electron chi connectivity index (χ3n) is 5.14. The van der Waals surface area contributed by atoms with Crippen molar-refractivity contribution in [1.82, 2.24) is 20.5 Å². The fourth-order valence-electron chi connectivity index (χ4n) is 3.51. The predicted octanol–water partition coefficient (Wildman–Crippen LogP) is 4.38. The van der Waals surface area contributed by atoms with Gasteiger partial charge in [-0.15, -0.1) is 24.0 Å². The molecule has 1 fully saturated rings. The van der Waals surface area contributed by atoms with Gasteiger partial charge >= 0.3 is 0 Å². The molecule has 2 N–H and O–H groups in total. The van der Waals surface area contributed by atoms with Gasteiger partial charge < -0.3 is 19.5 Å². The van der Waals surface area contributed by atoms with E-state index in [1.54, 1.807) is 6.20 Å². The minimum Gasteiger partial charge on any atom is -0.465 e. The molecule has 1 unspecified atom stereocenters. The molecule has 7 nitrogen and oxygen atoms in total. The van der Waals surface area contributed by atoms with Crippen LogP contribution in [0, 0.1) is 6.92 Å². The number of furan rings is 1. The van der Waals surface area contributed by atoms with Crippen LogP contribution in [0.25, 0.3) is 0 Å². The summed E-state index contributed by atoms with van der Waals surface area (Å²) in [6.07, 6.45) is 4.28. The number of rotatable bonds is 7. The number of hydrogen-bond acceptors (Lipinski definition) is 5. The van der Waals surface area contributed by atoms with E-state index in [0.29, 0.717) is 12.4 Å². The second-order valence-corrected chi connectivity index (χ2v) is 8.65. The fourth-order valence-corrected chi connectivity index (χ4v) is 3.51. The van der Waals surface area contributed by atoms with E-state index < -0.39 is 0 Å². The first-order chi connectivity index (χ1) is 13.9. The van der Waals surface area contributed by atoms with Gasteiger partial charge in [0.25, 0.3) is 0 Å². The molecule has 0 amide bonds. The molecule has 0 aromatic carbocycles. The molecule has 2 aromatic heterocycles. The Morgan fingerprint density at radius 1 is 1.20 bits per heavy atom. The highest BCUT2D eigenvalue weighted by molar-refractivity contribution is 14.0. The Morgan fingerprint density at radius 2 is 1.93 bits per heavy atom. The van der Waals surface area contributed by atoms with Crippen LogP contribution in [-0.2, 0) is 12.0 Å². The van der Waals surface area contributed by atoms with Gasteiger partial charge in [-0.25, -0.2) is 9.98 Å². The van der Waals surface area contributed by atoms with Crippen LogP contribution in [0.1, 0.15) is 69.7 Å². The van der Waals surface area contributed by atoms with E-state index in [0.717, 1.165) is 49.4 Å². The van der Waals surface area contributed by atoms with E-state index in [-0.39, 0.29) is 35.4 Å². The number of nitrogens with one attached hydrogen (secondary N) is 2. The molecule has 8 heteroatoms. The van der Waals surface area contributed by atoms with E-state index in [1.807, 2.05) is 13.0 Å². The highest BCUT2D eigenvalue weighted by Gasteiger charge is 2.26. The van der Waals surface area contributed by atoms with Crippen molar-refractivity contribution in [2.45, 2.75) is 65.5 Å². The molecule has 0 radical (unpaired) electrons. The second kappa shape index (κ2) is 11.2. The third-order valence-corrected chi connectivity index (χ3v) is 5.14. The summed E-state index contributed by atoms with van der Waals surface area (Å²) in [7, 11) is 0. The standard InChI is InChI=1S/C22H35N5O2.HI/c1-6-23-21(26-15-20-24-14-19(29-20)22(3,4)5)25-13-17(27-11-7-8-12-27)18-10-9-16(2)28-18;/h9-10,14,17H,6-8,11-13,15H2,1-5H3,(H2,23,25,26);1H. The quantitative estimate of drug-likeness (QED) is 0.315. The number of aromatic nitrogens is 1. The molecule has 3 heterocycles. The maximum atomic E-state index is 5.95. The van der Waals surface area contributed by atoms with Crippen LogP contribution in [-0.4, -0.2) is 42.0 Å². The van der Waals surface area contributed by atoms with Crippen LogP contribution in [0.3, 0.4) is 0 Å². The van der Waals surface area contributed by atoms with Gasteiger partial charge in [0, 0.05) is 18.5 Å². The van der Waals surface area contributed by atoms with Crippen molar-refractivity contribution in [3.05, 3.63) is 41.5 Å². The Morgan fingerprint density at radius 3 is 2.50 bits per heavy atom. The molecule has 1 atom stereocenters. The fraction of sp³-hybridized carbons (Fsp3) is 0.636. The molecular weight excluding hydrogens is 493 g/mol. The smallest absolute Gasteiger partial charge is 0.216 e. The van der Waals surface area contributed by atoms with Crippen molar-refractivity contribution >= 4 is 29.9 Å². The van der Waals surface area contributed by atoms with Gasteiger partial charge in [0.2, 0.25) is 5.89 Å². The molecule has 3 rings (SSSR count). The monoisotopic (exact) mass is 529 g/mol. The summed E-state index contributed by atoms with van der Waals surface area (Å²) < 4.78 is 11.8. The van der Waals surface area contributed by atoms with Crippen molar-refractivity contribution in [3.8, 4) is 0 Å². The average molecular weight is 529 g/mol. The highest BCUT2D eigenvalue weighted by atomic mass is 127. The molecule has 1 aliphatic rings. The van der Waals surface area contributed by atoms with Gasteiger partial charge in [0.05, 0.1) is 12.2 Å². The van der Waals surface area contributed by atoms with Crippen LogP contribution in [0.4, 0.5) is 0 Å². The van der Waals surface area contributed by atoms with Crippen LogP contribution >= 0.6 is 24.0 Å². The summed E-state index contributed by atoms with van der Waals surface area (Å²) in [5.41, 5.74) is -0.0537. The Bertz CT molecular complexity index is 803. The predicted molar refractivity (Wildman–Crippen MR) is 130 cm³/mol. The number of halogens is 1. The van der Waals surface area contributed by atoms with Crippen molar-refractivity contribution in [2.75, 3.05) is 26.2 Å². The molecule has 0 spiro atoms. The third kappa shape index (κ3) is 6.73. The Labute approximate surface area is 197 Å². The first-order valence-electron chi connectivity index (χ1n) is 10.6. The normalized spacial score (nSPS) is 16.4. The lowest BCUT2D eigenvalue weighted by molar-refractivity contribution is 0.213. The average Bonchev–Trinajstić information content (AvgIpc) is 3.41. The van der Waals surface area contributed by atoms with E-state index in [1.165, 1.54) is 12.8 Å². The number of hydrogen-bond donors (Lipinski definition) is 2. The number of aliphatic imine (C=N–C) groups is 1. The first kappa shape index (κ1) is 24.7. The Hall–Kier alpha value is -1.55. The number of nitrogens with zero attached hydrogens (tertiary/aromatic N) is 3. The van der Waals surface area contributed by atoms with Crippen molar-refractivity contribution < 1.29 is 8.83 Å². The van der Waals surface area contributed by atoms with Crippen molar-refractivity contribution in [3.63, 3.8) is 0 Å². The second-order valence-electron chi connectivity index (χ2n) is 8.65. The van der Waals surface area contributed by atoms with Crippen LogP contribution < -0.4 is 10.6 Å². The van der Waals surface area contributed by atoms with Crippen molar-refractivity contribution in [1.29, 1.82) is 0 Å². The SMILES string of the molecule is CCNC(=NCc1ncc(C(C)(C)C)o1)NCC(c1ccc(C)o1)N1CCCC1.I. The van der Waals surface area contributed by atoms with Crippen molar-refractivity contribution in [2.24, 2.45) is 4.99 Å². The molecule has 0 saturated carbocycles. The van der Waals surface area contributed by atoms with E-state index >= 15 is 0 Å². The molecule has 168 valence electrons. The number of aryl methyl sites for hydroxylation is 1. The zero-order chi connectivity index (χ0) is 20.9. The lowest BCUT2D eigenvalue weighted by Crippen LogP contribution is -2.42. The Kier molecular flexibility index (Phi) is 9.21. The highest BCUT2D eigenvalue weighted by Crippen LogP contribution is 2.26. The topological polar surface area (TPSA) is 78.8 Å². The van der Waals surface area contributed by atoms with Crippen LogP contribution in [0.15, 0.2) is 32.2 Å². The van der Waals surface area contributed by atoms with E-state index in [9.17, 15) is 0 Å². The minimum atomic E-state index is -0.0537. The molecule has 0 bridgehead atoms. The largest absolute Gasteiger partial charge is 0.465 e. The van der Waals surface area contributed by atoms with Gasteiger partial charge in [-0.3, -0.25) is 4.90 Å². The lowest BCUT2D eigenvalue weighted by Gasteiger charge is -2.26. The molecular formula is C22H36IN5O2. The molecule has 2 aromatic rings. The van der Waals surface area contributed by atoms with Gasteiger partial charge in [-0.1, -0.05) is 20.8 Å². The van der Waals surface area contributed by atoms with Gasteiger partial charge in [0.1, 0.15) is 23.8 Å². The summed E-state index contributed by atoms with van der Waals surface area (Å²) in [4.78, 5) is 11.5. The summed E-state index contributed by atoms with van der Waals surface area (Å²) in [5, 5.41) is 6.79. The van der Waals surface area contributed by atoms with Crippen LogP contribution in [0.2, 0.25) is 0 Å². The van der Waals surface area contributed by atoms with Crippen LogP contribution in [0.5, 0.6) is 0 Å². The van der Waals surface area contributed by atoms with Gasteiger partial charge in [0.15, 0.2) is 5.96 Å². The summed E-state index contributed by atoms with van der Waals surface area (Å²) in [6, 6.07) is 4.32. The summed E-state index contributed by atoms with van der Waals surface area (Å²) >= 11 is 0. The molecule has 0 aliphatic carbocycles. The summed E-state index contributed by atoms with van der Waals surface area (Å²) in [5.74, 6) is 4.22. The van der Waals surface area contributed by atoms with Gasteiger partial charge in [-0.2, -0.15) is 0 Å².